The maximum Gasteiger partial charge on any atom is 0.297 e. The second-order valence-corrected chi connectivity index (χ2v) is 13.1. The van der Waals surface area contributed by atoms with Crippen LogP contribution in [0.3, 0.4) is 0 Å². The maximum absolute atomic E-state index is 14.8. The molecule has 4 aromatic carbocycles. The highest BCUT2D eigenvalue weighted by atomic mass is 35.5. The molecule has 1 aliphatic rings. The third-order valence-corrected chi connectivity index (χ3v) is 9.04. The lowest BCUT2D eigenvalue weighted by molar-refractivity contribution is -0.127. The Bertz CT molecular complexity index is 2370. The standard InChI is InChI=1S/C22H19ClN2O5.C20H16F2N2/c1-4-11-29-20(14-5-8-16(23)9-6-14)21(26)25-22-17(13-24-30-22)15-7-10-18(27-2)19(12-15)28-3;1-19(2)20(21,22)16-9-5-4-8-15(16)18(24-19)14-11-13-7-3-6-10-17(13)23-12-14/h1,5-10,12-13,20H,11H2,2-3H3,(H,25,26);3-12H,1-2H3. The average molecular weight is 749 g/mol. The van der Waals surface area contributed by atoms with Crippen LogP contribution in [0.25, 0.3) is 22.0 Å². The fraction of sp³-hybridized carbons (Fsp3) is 0.190. The summed E-state index contributed by atoms with van der Waals surface area (Å²) in [6.45, 7) is 2.90. The Morgan fingerprint density at radius 2 is 1.63 bits per heavy atom. The first-order valence-electron chi connectivity index (χ1n) is 16.7. The van der Waals surface area contributed by atoms with Gasteiger partial charge in [0.05, 0.1) is 37.2 Å². The van der Waals surface area contributed by atoms with Gasteiger partial charge in [-0.25, -0.2) is 0 Å². The van der Waals surface area contributed by atoms with E-state index < -0.39 is 23.5 Å². The quantitative estimate of drug-likeness (QED) is 0.147. The molecule has 1 N–H and O–H groups in total. The maximum atomic E-state index is 14.8. The number of ether oxygens (including phenoxy) is 3. The van der Waals surface area contributed by atoms with Crippen LogP contribution in [0.1, 0.15) is 42.2 Å². The van der Waals surface area contributed by atoms with E-state index in [0.717, 1.165) is 22.0 Å². The summed E-state index contributed by atoms with van der Waals surface area (Å²) in [6.07, 6.45) is 7.53. The second-order valence-electron chi connectivity index (χ2n) is 12.6. The van der Waals surface area contributed by atoms with E-state index in [9.17, 15) is 13.6 Å². The van der Waals surface area contributed by atoms with Gasteiger partial charge in [0, 0.05) is 33.3 Å². The number of aliphatic imine (C=N–C) groups is 1. The minimum atomic E-state index is -3.02. The van der Waals surface area contributed by atoms with Gasteiger partial charge in [-0.2, -0.15) is 8.78 Å². The number of anilines is 1. The summed E-state index contributed by atoms with van der Waals surface area (Å²) in [5.41, 5.74) is 3.06. The molecule has 1 unspecified atom stereocenters. The fourth-order valence-electron chi connectivity index (χ4n) is 5.93. The molecule has 1 atom stereocenters. The number of terminal acetylenes is 1. The summed E-state index contributed by atoms with van der Waals surface area (Å²) in [5, 5.41) is 8.02. The molecule has 2 aromatic heterocycles. The van der Waals surface area contributed by atoms with E-state index in [2.05, 4.69) is 26.4 Å². The second kappa shape index (κ2) is 15.9. The van der Waals surface area contributed by atoms with Gasteiger partial charge >= 0.3 is 0 Å². The van der Waals surface area contributed by atoms with Crippen molar-refractivity contribution in [1.82, 2.24) is 10.1 Å². The molecule has 0 bridgehead atoms. The number of alkyl halides is 2. The van der Waals surface area contributed by atoms with Crippen LogP contribution in [-0.4, -0.2) is 48.1 Å². The molecule has 3 heterocycles. The first kappa shape index (κ1) is 37.7. The van der Waals surface area contributed by atoms with Crippen LogP contribution in [-0.2, 0) is 15.5 Å². The molecular weight excluding hydrogens is 714 g/mol. The molecule has 0 saturated heterocycles. The van der Waals surface area contributed by atoms with E-state index >= 15 is 0 Å². The first-order valence-corrected chi connectivity index (χ1v) is 17.1. The van der Waals surface area contributed by atoms with Gasteiger partial charge in [0.25, 0.3) is 11.8 Å². The number of pyridine rings is 1. The van der Waals surface area contributed by atoms with E-state index in [1.54, 1.807) is 74.0 Å². The van der Waals surface area contributed by atoms with Crippen molar-refractivity contribution in [1.29, 1.82) is 0 Å². The summed E-state index contributed by atoms with van der Waals surface area (Å²) in [5.74, 6) is 0.153. The van der Waals surface area contributed by atoms with Crippen molar-refractivity contribution in [2.75, 3.05) is 26.1 Å². The van der Waals surface area contributed by atoms with Crippen molar-refractivity contribution < 1.29 is 32.3 Å². The molecule has 0 aliphatic carbocycles. The highest BCUT2D eigenvalue weighted by Gasteiger charge is 2.52. The third-order valence-electron chi connectivity index (χ3n) is 8.79. The molecule has 12 heteroatoms. The Balaban J connectivity index is 0.000000188. The predicted octanol–water partition coefficient (Wildman–Crippen LogP) is 9.30. The Kier molecular flexibility index (Phi) is 11.1. The van der Waals surface area contributed by atoms with Gasteiger partial charge in [-0.05, 0) is 61.4 Å². The summed E-state index contributed by atoms with van der Waals surface area (Å²) in [7, 11) is 3.09. The Morgan fingerprint density at radius 1 is 0.907 bits per heavy atom. The molecule has 9 nitrogen and oxygen atoms in total. The van der Waals surface area contributed by atoms with Crippen molar-refractivity contribution in [2.24, 2.45) is 4.99 Å². The number of methoxy groups -OCH3 is 2. The topological polar surface area (TPSA) is 108 Å². The van der Waals surface area contributed by atoms with Crippen molar-refractivity contribution in [3.63, 3.8) is 0 Å². The van der Waals surface area contributed by atoms with E-state index in [4.69, 9.17) is 36.8 Å². The van der Waals surface area contributed by atoms with Crippen molar-refractivity contribution in [3.8, 4) is 35.0 Å². The number of hydrogen-bond acceptors (Lipinski definition) is 8. The molecule has 0 saturated carbocycles. The molecule has 7 rings (SSSR count). The van der Waals surface area contributed by atoms with Crippen LogP contribution in [0.15, 0.2) is 119 Å². The van der Waals surface area contributed by atoms with E-state index in [1.807, 2.05) is 30.3 Å². The Morgan fingerprint density at radius 3 is 2.37 bits per heavy atom. The van der Waals surface area contributed by atoms with Gasteiger partial charge in [0.15, 0.2) is 17.6 Å². The monoisotopic (exact) mass is 748 g/mol. The zero-order chi connectivity index (χ0) is 38.5. The number of para-hydroxylation sites is 1. The minimum absolute atomic E-state index is 0.0214. The van der Waals surface area contributed by atoms with Crippen LogP contribution >= 0.6 is 11.6 Å². The van der Waals surface area contributed by atoms with E-state index in [0.29, 0.717) is 38.9 Å². The fourth-order valence-corrected chi connectivity index (χ4v) is 6.06. The summed E-state index contributed by atoms with van der Waals surface area (Å²) >= 11 is 5.93. The summed E-state index contributed by atoms with van der Waals surface area (Å²) in [6, 6.07) is 28.3. The summed E-state index contributed by atoms with van der Waals surface area (Å²) < 4.78 is 51.0. The van der Waals surface area contributed by atoms with E-state index in [-0.39, 0.29) is 18.1 Å². The number of fused-ring (bicyclic) bond motifs is 2. The molecule has 0 fully saturated rings. The zero-order valence-electron chi connectivity index (χ0n) is 29.8. The van der Waals surface area contributed by atoms with Gasteiger partial charge in [-0.15, -0.1) is 6.42 Å². The normalized spacial score (nSPS) is 14.4. The largest absolute Gasteiger partial charge is 0.493 e. The van der Waals surface area contributed by atoms with Crippen LogP contribution < -0.4 is 14.8 Å². The highest BCUT2D eigenvalue weighted by molar-refractivity contribution is 6.30. The zero-order valence-corrected chi connectivity index (χ0v) is 30.5. The molecule has 6 aromatic rings. The number of rotatable bonds is 9. The number of amides is 1. The number of nitrogens with one attached hydrogen (secondary N) is 1. The lowest BCUT2D eigenvalue weighted by atomic mass is 9.81. The number of halogens is 3. The van der Waals surface area contributed by atoms with Crippen LogP contribution in [0.4, 0.5) is 14.7 Å². The van der Waals surface area contributed by atoms with Crippen molar-refractivity contribution in [3.05, 3.63) is 137 Å². The lowest BCUT2D eigenvalue weighted by Gasteiger charge is -2.37. The molecule has 0 spiro atoms. The van der Waals surface area contributed by atoms with Crippen LogP contribution in [0.2, 0.25) is 5.02 Å². The molecule has 0 radical (unpaired) electrons. The first-order chi connectivity index (χ1) is 26.0. The Labute approximate surface area is 315 Å². The molecule has 1 amide bonds. The third kappa shape index (κ3) is 7.67. The van der Waals surface area contributed by atoms with Crippen molar-refractivity contribution >= 4 is 40.0 Å². The van der Waals surface area contributed by atoms with Gasteiger partial charge in [-0.3, -0.25) is 20.1 Å². The average Bonchev–Trinajstić information content (AvgIpc) is 3.65. The molecular formula is C42H35ClF2N4O5. The minimum Gasteiger partial charge on any atom is -0.493 e. The predicted molar refractivity (Wildman–Crippen MR) is 204 cm³/mol. The van der Waals surface area contributed by atoms with Gasteiger partial charge < -0.3 is 18.7 Å². The molecule has 54 heavy (non-hydrogen) atoms. The highest BCUT2D eigenvalue weighted by Crippen LogP contribution is 2.46. The molecule has 274 valence electrons. The van der Waals surface area contributed by atoms with Crippen molar-refractivity contribution in [2.45, 2.75) is 31.4 Å². The number of aromatic nitrogens is 2. The van der Waals surface area contributed by atoms with Gasteiger partial charge in [0.1, 0.15) is 12.1 Å². The molecule has 1 aliphatic heterocycles. The SMILES string of the molecule is C#CCOC(C(=O)Nc1oncc1-c1ccc(OC)c(OC)c1)c1ccc(Cl)cc1.CC1(C)N=C(c2cnc3ccccc3c2)c2ccccc2C1(F)F. The summed E-state index contributed by atoms with van der Waals surface area (Å²) in [4.78, 5) is 21.8. The van der Waals surface area contributed by atoms with Gasteiger partial charge in [-0.1, -0.05) is 83.3 Å². The smallest absolute Gasteiger partial charge is 0.297 e. The van der Waals surface area contributed by atoms with Crippen LogP contribution in [0, 0.1) is 12.3 Å². The number of hydrogen-bond donors (Lipinski definition) is 1. The van der Waals surface area contributed by atoms with Crippen LogP contribution in [0.5, 0.6) is 11.5 Å². The number of nitrogens with zero attached hydrogens (tertiary/aromatic N) is 3. The Hall–Kier alpha value is -6.09. The van der Waals surface area contributed by atoms with E-state index in [1.165, 1.54) is 33.2 Å². The number of carbonyl (C=O) groups is 1. The number of benzene rings is 4. The lowest BCUT2D eigenvalue weighted by Crippen LogP contribution is -2.44. The number of carbonyl (C=O) groups excluding carboxylic acids is 1. The van der Waals surface area contributed by atoms with Gasteiger partial charge in [0.2, 0.25) is 5.88 Å².